The Morgan fingerprint density at radius 3 is 2.48 bits per heavy atom. The zero-order chi connectivity index (χ0) is 16.1. The Morgan fingerprint density at radius 2 is 1.90 bits per heavy atom. The minimum absolute atomic E-state index is 0.105. The maximum absolute atomic E-state index is 11.7. The number of nitrogens with one attached hydrogen (secondary N) is 2. The number of rotatable bonds is 5. The van der Waals surface area contributed by atoms with Crippen LogP contribution in [0, 0.1) is 0 Å². The van der Waals surface area contributed by atoms with Gasteiger partial charge in [0.05, 0.1) is 5.69 Å². The fourth-order valence-corrected chi connectivity index (χ4v) is 2.17. The molecule has 1 aromatic rings. The maximum atomic E-state index is 11.7. The molecule has 0 radical (unpaired) electrons. The normalized spacial score (nSPS) is 11.8. The second-order valence-electron chi connectivity index (χ2n) is 5.51. The van der Waals surface area contributed by atoms with Gasteiger partial charge < -0.3 is 15.8 Å². The molecule has 0 spiro atoms. The predicted octanol–water partition coefficient (Wildman–Crippen LogP) is 1.08. The van der Waals surface area contributed by atoms with Gasteiger partial charge in [-0.15, -0.1) is 0 Å². The number of nitrogens with two attached hydrogens (primary N) is 1. The first-order valence-electron chi connectivity index (χ1n) is 6.39. The third kappa shape index (κ3) is 6.84. The van der Waals surface area contributed by atoms with Crippen molar-refractivity contribution in [2.24, 2.45) is 0 Å². The molecule has 1 rings (SSSR count). The van der Waals surface area contributed by atoms with Gasteiger partial charge in [0, 0.05) is 5.54 Å². The molecule has 1 aromatic carbocycles. The van der Waals surface area contributed by atoms with E-state index in [2.05, 4.69) is 5.32 Å². The number of carbonyl (C=O) groups excluding carboxylic acids is 1. The van der Waals surface area contributed by atoms with Crippen LogP contribution in [0.3, 0.4) is 0 Å². The number of para-hydroxylation sites is 2. The van der Waals surface area contributed by atoms with Crippen molar-refractivity contribution in [2.45, 2.75) is 26.3 Å². The fraction of sp³-hybridized carbons (Fsp3) is 0.462. The molecule has 4 N–H and O–H groups in total. The molecular weight excluding hydrogens is 294 g/mol. The van der Waals surface area contributed by atoms with Crippen molar-refractivity contribution in [1.82, 2.24) is 10.0 Å². The number of hydrogen-bond acceptors (Lipinski definition) is 5. The monoisotopic (exact) mass is 315 g/mol. The number of hydrogen-bond donors (Lipinski definition) is 3. The molecule has 0 unspecified atom stereocenters. The third-order valence-corrected chi connectivity index (χ3v) is 3.47. The number of ether oxygens (including phenoxy) is 1. The second-order valence-corrected chi connectivity index (χ2v) is 7.35. The first kappa shape index (κ1) is 17.1. The first-order valence-corrected chi connectivity index (χ1v) is 8.04. The molecule has 0 fully saturated rings. The van der Waals surface area contributed by atoms with Crippen LogP contribution in [0.25, 0.3) is 0 Å². The smallest absolute Gasteiger partial charge is 0.328 e. The van der Waals surface area contributed by atoms with Gasteiger partial charge in [0.1, 0.15) is 18.1 Å². The van der Waals surface area contributed by atoms with Crippen molar-refractivity contribution in [1.29, 1.82) is 0 Å². The lowest BCUT2D eigenvalue weighted by Gasteiger charge is -2.20. The fourth-order valence-electron chi connectivity index (χ4n) is 1.43. The molecular formula is C13H21N3O4S. The minimum atomic E-state index is -3.76. The molecule has 7 nitrogen and oxygen atoms in total. The van der Waals surface area contributed by atoms with Gasteiger partial charge in [-0.25, -0.2) is 17.9 Å². The average Bonchev–Trinajstić information content (AvgIpc) is 2.27. The number of amides is 2. The molecule has 0 aliphatic carbocycles. The van der Waals surface area contributed by atoms with Crippen LogP contribution in [0.1, 0.15) is 20.8 Å². The standard InChI is InChI=1S/C13H21N3O4S/c1-13(2,3)15-12(17)16-21(18,19)9-8-20-11-7-5-4-6-10(11)14/h4-7H,8-9,14H2,1-3H3,(H2,15,16,17). The highest BCUT2D eigenvalue weighted by atomic mass is 32.2. The predicted molar refractivity (Wildman–Crippen MR) is 81.6 cm³/mol. The summed E-state index contributed by atoms with van der Waals surface area (Å²) in [6, 6.07) is 6.01. The van der Waals surface area contributed by atoms with E-state index in [1.54, 1.807) is 45.0 Å². The Bertz CT molecular complexity index is 594. The van der Waals surface area contributed by atoms with Crippen LogP contribution in [0.2, 0.25) is 0 Å². The molecule has 21 heavy (non-hydrogen) atoms. The Morgan fingerprint density at radius 1 is 1.29 bits per heavy atom. The lowest BCUT2D eigenvalue weighted by Crippen LogP contribution is -2.48. The summed E-state index contributed by atoms with van der Waals surface area (Å²) in [6.07, 6.45) is 0. The molecule has 0 saturated heterocycles. The van der Waals surface area contributed by atoms with E-state index in [9.17, 15) is 13.2 Å². The summed E-state index contributed by atoms with van der Waals surface area (Å²) in [4.78, 5) is 11.5. The van der Waals surface area contributed by atoms with E-state index in [4.69, 9.17) is 10.5 Å². The molecule has 8 heteroatoms. The minimum Gasteiger partial charge on any atom is -0.490 e. The van der Waals surface area contributed by atoms with Crippen LogP contribution in [0.15, 0.2) is 24.3 Å². The van der Waals surface area contributed by atoms with Crippen molar-refractivity contribution in [3.63, 3.8) is 0 Å². The van der Waals surface area contributed by atoms with E-state index in [0.717, 1.165) is 0 Å². The van der Waals surface area contributed by atoms with E-state index >= 15 is 0 Å². The van der Waals surface area contributed by atoms with Crippen LogP contribution in [-0.2, 0) is 10.0 Å². The molecule has 118 valence electrons. The number of urea groups is 1. The summed E-state index contributed by atoms with van der Waals surface area (Å²) in [5.74, 6) is 0.0608. The van der Waals surface area contributed by atoms with Crippen LogP contribution < -0.4 is 20.5 Å². The van der Waals surface area contributed by atoms with Gasteiger partial charge in [0.15, 0.2) is 0 Å². The number of carbonyl (C=O) groups is 1. The van der Waals surface area contributed by atoms with Gasteiger partial charge in [-0.1, -0.05) is 12.1 Å². The average molecular weight is 315 g/mol. The number of nitrogen functional groups attached to an aromatic ring is 1. The Labute approximate surface area is 124 Å². The van der Waals surface area contributed by atoms with Crippen LogP contribution in [0.5, 0.6) is 5.75 Å². The molecule has 0 bridgehead atoms. The Hall–Kier alpha value is -1.96. The summed E-state index contributed by atoms with van der Waals surface area (Å²) in [5, 5.41) is 2.50. The zero-order valence-corrected chi connectivity index (χ0v) is 13.2. The highest BCUT2D eigenvalue weighted by Crippen LogP contribution is 2.19. The van der Waals surface area contributed by atoms with Gasteiger partial charge in [0.2, 0.25) is 10.0 Å². The van der Waals surface area contributed by atoms with Crippen molar-refractivity contribution >= 4 is 21.7 Å². The van der Waals surface area contributed by atoms with Gasteiger partial charge >= 0.3 is 6.03 Å². The molecule has 0 aromatic heterocycles. The van der Waals surface area contributed by atoms with Crippen LogP contribution in [-0.4, -0.2) is 32.3 Å². The Balaban J connectivity index is 2.47. The van der Waals surface area contributed by atoms with Crippen molar-refractivity contribution in [3.05, 3.63) is 24.3 Å². The molecule has 0 aliphatic rings. The molecule has 0 aliphatic heterocycles. The van der Waals surface area contributed by atoms with Crippen molar-refractivity contribution in [2.75, 3.05) is 18.1 Å². The summed E-state index contributed by atoms with van der Waals surface area (Å²) in [5.41, 5.74) is 5.57. The van der Waals surface area contributed by atoms with Crippen LogP contribution in [0.4, 0.5) is 10.5 Å². The molecule has 0 atom stereocenters. The van der Waals surface area contributed by atoms with E-state index in [1.165, 1.54) is 0 Å². The van der Waals surface area contributed by atoms with E-state index in [-0.39, 0.29) is 12.4 Å². The van der Waals surface area contributed by atoms with Gasteiger partial charge in [0.25, 0.3) is 0 Å². The van der Waals surface area contributed by atoms with E-state index in [0.29, 0.717) is 11.4 Å². The quantitative estimate of drug-likeness (QED) is 0.704. The molecule has 0 saturated carbocycles. The number of benzene rings is 1. The summed E-state index contributed by atoms with van der Waals surface area (Å²) in [6.45, 7) is 5.15. The Kier molecular flexibility index (Phi) is 5.42. The number of anilines is 1. The summed E-state index contributed by atoms with van der Waals surface area (Å²) < 4.78 is 30.6. The van der Waals surface area contributed by atoms with Crippen LogP contribution >= 0.6 is 0 Å². The van der Waals surface area contributed by atoms with E-state index < -0.39 is 21.6 Å². The largest absolute Gasteiger partial charge is 0.490 e. The molecule has 0 heterocycles. The lowest BCUT2D eigenvalue weighted by atomic mass is 10.1. The number of sulfonamides is 1. The molecule has 2 amide bonds. The SMILES string of the molecule is CC(C)(C)NC(=O)NS(=O)(=O)CCOc1ccccc1N. The van der Waals surface area contributed by atoms with Gasteiger partial charge in [-0.05, 0) is 32.9 Å². The highest BCUT2D eigenvalue weighted by Gasteiger charge is 2.19. The first-order chi connectivity index (χ1) is 9.59. The van der Waals surface area contributed by atoms with E-state index in [1.807, 2.05) is 4.72 Å². The second kappa shape index (κ2) is 6.66. The lowest BCUT2D eigenvalue weighted by molar-refractivity contribution is 0.237. The van der Waals surface area contributed by atoms with Crippen molar-refractivity contribution < 1.29 is 17.9 Å². The van der Waals surface area contributed by atoms with Gasteiger partial charge in [-0.3, -0.25) is 0 Å². The maximum Gasteiger partial charge on any atom is 0.328 e. The summed E-state index contributed by atoms with van der Waals surface area (Å²) in [7, 11) is -3.76. The third-order valence-electron chi connectivity index (χ3n) is 2.27. The summed E-state index contributed by atoms with van der Waals surface area (Å²) >= 11 is 0. The zero-order valence-electron chi connectivity index (χ0n) is 12.3. The van der Waals surface area contributed by atoms with Crippen molar-refractivity contribution in [3.8, 4) is 5.75 Å². The van der Waals surface area contributed by atoms with Gasteiger partial charge in [-0.2, -0.15) is 0 Å². The topological polar surface area (TPSA) is 111 Å². The highest BCUT2D eigenvalue weighted by molar-refractivity contribution is 7.90.